The molecule has 10 aromatic carbocycles. The van der Waals surface area contributed by atoms with Gasteiger partial charge in [-0.2, -0.15) is 0 Å². The van der Waals surface area contributed by atoms with E-state index in [9.17, 15) is 0 Å². The number of fused-ring (bicyclic) bond motifs is 12. The molecule has 0 fully saturated rings. The summed E-state index contributed by atoms with van der Waals surface area (Å²) in [5.41, 5.74) is 11.3. The molecule has 12 rings (SSSR count). The number of rotatable bonds is 4. The molecule has 0 spiro atoms. The molecule has 1 aliphatic carbocycles. The number of nitrogens with zero attached hydrogens (tertiary/aromatic N) is 1. The SMILES string of the molecule is C1=CC(c2ccc(-c3c4ccccc4c(-n4c5ccccc5c5c6c7ccccc7c(-c7ccccc7)cc6c6ccccc6c54)c4ccccc34)cc2)=CCC1. The number of benzene rings is 10. The van der Waals surface area contributed by atoms with E-state index in [4.69, 9.17) is 0 Å². The molecule has 11 aromatic rings. The molecule has 0 bridgehead atoms. The van der Waals surface area contributed by atoms with Gasteiger partial charge in [-0.25, -0.2) is 0 Å². The number of allylic oxidation sites excluding steroid dienone is 4. The highest BCUT2D eigenvalue weighted by Crippen LogP contribution is 2.49. The van der Waals surface area contributed by atoms with E-state index in [0.29, 0.717) is 0 Å². The van der Waals surface area contributed by atoms with Gasteiger partial charge in [-0.1, -0.05) is 188 Å². The average molecular weight is 724 g/mol. The zero-order chi connectivity index (χ0) is 37.5. The second kappa shape index (κ2) is 12.7. The van der Waals surface area contributed by atoms with Crippen LogP contribution in [0, 0.1) is 0 Å². The maximum atomic E-state index is 2.60. The summed E-state index contributed by atoms with van der Waals surface area (Å²) in [6.45, 7) is 0. The van der Waals surface area contributed by atoms with Crippen molar-refractivity contribution in [3.8, 4) is 27.9 Å². The molecule has 1 aliphatic rings. The summed E-state index contributed by atoms with van der Waals surface area (Å²) in [5.74, 6) is 0. The Morgan fingerprint density at radius 2 is 0.930 bits per heavy atom. The van der Waals surface area contributed by atoms with Gasteiger partial charge in [-0.3, -0.25) is 0 Å². The predicted octanol–water partition coefficient (Wildman–Crippen LogP) is 15.6. The standard InChI is InChI=1S/C56H37N/c1-3-17-36(18-4-1)37-31-33-39(34-32-37)52-43-24-10-13-27-46(43)55(47-28-14-11-25-44(47)52)57-51-30-16-15-29-48(51)54-53-42-23-9-7-21-40(42)49(38-19-5-2-6-20-38)35-50(53)41-22-8-12-26-45(41)56(54)57/h2-3,5-35H,1,4H2. The van der Waals surface area contributed by atoms with E-state index in [0.717, 1.165) is 12.8 Å². The molecule has 0 saturated carbocycles. The van der Waals surface area contributed by atoms with Crippen LogP contribution in [0.2, 0.25) is 0 Å². The highest BCUT2D eigenvalue weighted by molar-refractivity contribution is 6.38. The van der Waals surface area contributed by atoms with Crippen LogP contribution < -0.4 is 0 Å². The van der Waals surface area contributed by atoms with Crippen LogP contribution in [0.5, 0.6) is 0 Å². The second-order valence-electron chi connectivity index (χ2n) is 15.4. The Morgan fingerprint density at radius 3 is 1.61 bits per heavy atom. The molecule has 1 heteroatoms. The van der Waals surface area contributed by atoms with Crippen LogP contribution in [0.3, 0.4) is 0 Å². The monoisotopic (exact) mass is 723 g/mol. The molecule has 0 atom stereocenters. The van der Waals surface area contributed by atoms with Gasteiger partial charge < -0.3 is 4.57 Å². The predicted molar refractivity (Wildman–Crippen MR) is 246 cm³/mol. The van der Waals surface area contributed by atoms with E-state index < -0.39 is 0 Å². The van der Waals surface area contributed by atoms with Crippen LogP contribution in [-0.2, 0) is 0 Å². The minimum absolute atomic E-state index is 1.10. The summed E-state index contributed by atoms with van der Waals surface area (Å²) < 4.78 is 2.60. The quantitative estimate of drug-likeness (QED) is 0.126. The normalized spacial score (nSPS) is 13.2. The minimum Gasteiger partial charge on any atom is -0.307 e. The summed E-state index contributed by atoms with van der Waals surface area (Å²) in [4.78, 5) is 0. The smallest absolute Gasteiger partial charge is 0.0626 e. The van der Waals surface area contributed by atoms with Gasteiger partial charge in [-0.15, -0.1) is 0 Å². The van der Waals surface area contributed by atoms with Crippen LogP contribution in [0.15, 0.2) is 200 Å². The molecule has 0 unspecified atom stereocenters. The fourth-order valence-electron chi connectivity index (χ4n) is 9.93. The van der Waals surface area contributed by atoms with Crippen LogP contribution in [-0.4, -0.2) is 4.57 Å². The summed E-state index contributed by atoms with van der Waals surface area (Å²) in [6.07, 6.45) is 9.13. The van der Waals surface area contributed by atoms with Crippen molar-refractivity contribution in [2.24, 2.45) is 0 Å². The summed E-state index contributed by atoms with van der Waals surface area (Å²) in [7, 11) is 0. The molecule has 1 heterocycles. The average Bonchev–Trinajstić information content (AvgIpc) is 3.63. The first-order valence-corrected chi connectivity index (χ1v) is 20.1. The molecule has 1 aromatic heterocycles. The molecule has 266 valence electrons. The van der Waals surface area contributed by atoms with Crippen LogP contribution in [0.4, 0.5) is 0 Å². The molecule has 1 nitrogen and oxygen atoms in total. The third kappa shape index (κ3) is 4.76. The number of aromatic nitrogens is 1. The summed E-state index contributed by atoms with van der Waals surface area (Å²) in [6, 6.07) is 67.8. The van der Waals surface area contributed by atoms with Gasteiger partial charge in [0, 0.05) is 32.3 Å². The Balaban J connectivity index is 1.24. The number of para-hydroxylation sites is 1. The maximum Gasteiger partial charge on any atom is 0.0626 e. The largest absolute Gasteiger partial charge is 0.307 e. The van der Waals surface area contributed by atoms with E-state index >= 15 is 0 Å². The van der Waals surface area contributed by atoms with Crippen molar-refractivity contribution >= 4 is 81.2 Å². The highest BCUT2D eigenvalue weighted by Gasteiger charge is 2.25. The van der Waals surface area contributed by atoms with E-state index in [2.05, 4.69) is 205 Å². The van der Waals surface area contributed by atoms with E-state index in [1.54, 1.807) is 0 Å². The van der Waals surface area contributed by atoms with Crippen LogP contribution in [0.1, 0.15) is 18.4 Å². The zero-order valence-electron chi connectivity index (χ0n) is 31.4. The Morgan fingerprint density at radius 1 is 0.368 bits per heavy atom. The van der Waals surface area contributed by atoms with Gasteiger partial charge in [-0.05, 0) is 90.7 Å². The van der Waals surface area contributed by atoms with E-state index in [-0.39, 0.29) is 0 Å². The van der Waals surface area contributed by atoms with Crippen molar-refractivity contribution in [1.82, 2.24) is 4.57 Å². The molecule has 57 heavy (non-hydrogen) atoms. The molecular formula is C56H37N. The van der Waals surface area contributed by atoms with Gasteiger partial charge in [0.05, 0.1) is 16.7 Å². The maximum absolute atomic E-state index is 2.60. The lowest BCUT2D eigenvalue weighted by Gasteiger charge is -2.21. The van der Waals surface area contributed by atoms with Gasteiger partial charge in [0.15, 0.2) is 0 Å². The van der Waals surface area contributed by atoms with Gasteiger partial charge in [0.25, 0.3) is 0 Å². The minimum atomic E-state index is 1.10. The topological polar surface area (TPSA) is 4.93 Å². The van der Waals surface area contributed by atoms with Gasteiger partial charge in [0.1, 0.15) is 0 Å². The molecule has 0 radical (unpaired) electrons. The lowest BCUT2D eigenvalue weighted by molar-refractivity contribution is 1.04. The van der Waals surface area contributed by atoms with Crippen molar-refractivity contribution in [2.75, 3.05) is 0 Å². The molecular weight excluding hydrogens is 687 g/mol. The van der Waals surface area contributed by atoms with Gasteiger partial charge in [0.2, 0.25) is 0 Å². The highest BCUT2D eigenvalue weighted by atomic mass is 15.0. The van der Waals surface area contributed by atoms with Crippen molar-refractivity contribution in [1.29, 1.82) is 0 Å². The van der Waals surface area contributed by atoms with Crippen molar-refractivity contribution in [2.45, 2.75) is 12.8 Å². The van der Waals surface area contributed by atoms with Crippen molar-refractivity contribution < 1.29 is 0 Å². The first-order chi connectivity index (χ1) is 28.3. The number of hydrogen-bond donors (Lipinski definition) is 0. The lowest BCUT2D eigenvalue weighted by Crippen LogP contribution is -2.00. The third-order valence-electron chi connectivity index (χ3n) is 12.4. The number of hydrogen-bond acceptors (Lipinski definition) is 0. The van der Waals surface area contributed by atoms with Crippen LogP contribution in [0.25, 0.3) is 109 Å². The van der Waals surface area contributed by atoms with Crippen molar-refractivity contribution in [3.63, 3.8) is 0 Å². The first-order valence-electron chi connectivity index (χ1n) is 20.1. The first kappa shape index (κ1) is 32.1. The third-order valence-corrected chi connectivity index (χ3v) is 12.4. The zero-order valence-corrected chi connectivity index (χ0v) is 31.4. The molecule has 0 N–H and O–H groups in total. The molecule has 0 amide bonds. The summed E-state index contributed by atoms with van der Waals surface area (Å²) >= 11 is 0. The van der Waals surface area contributed by atoms with E-state index in [1.807, 2.05) is 0 Å². The van der Waals surface area contributed by atoms with E-state index in [1.165, 1.54) is 115 Å². The Bertz CT molecular complexity index is 3430. The Labute approximate surface area is 331 Å². The molecule has 0 aliphatic heterocycles. The van der Waals surface area contributed by atoms with Gasteiger partial charge >= 0.3 is 0 Å². The Kier molecular flexibility index (Phi) is 7.12. The fourth-order valence-corrected chi connectivity index (χ4v) is 9.93. The van der Waals surface area contributed by atoms with Crippen molar-refractivity contribution in [3.05, 3.63) is 206 Å². The Hall–Kier alpha value is -7.22. The second-order valence-corrected chi connectivity index (χ2v) is 15.4. The fraction of sp³-hybridized carbons (Fsp3) is 0.0357. The lowest BCUT2D eigenvalue weighted by atomic mass is 9.88. The summed E-state index contributed by atoms with van der Waals surface area (Å²) in [5, 5.41) is 15.2. The molecule has 0 saturated heterocycles. The van der Waals surface area contributed by atoms with Crippen LogP contribution >= 0.6 is 0 Å².